The van der Waals surface area contributed by atoms with Crippen LogP contribution in [0.25, 0.3) is 11.2 Å². The molecule has 0 bridgehead atoms. The number of allylic oxidation sites excluding steroid dienone is 1. The first-order chi connectivity index (χ1) is 15.7. The third-order valence-corrected chi connectivity index (χ3v) is 5.63. The van der Waals surface area contributed by atoms with Crippen molar-refractivity contribution in [1.82, 2.24) is 19.5 Å². The van der Waals surface area contributed by atoms with Crippen molar-refractivity contribution in [3.05, 3.63) is 23.8 Å². The van der Waals surface area contributed by atoms with Crippen LogP contribution in [0.3, 0.4) is 0 Å². The Bertz CT molecular complexity index is 919. The highest BCUT2D eigenvalue weighted by atomic mass is 35.5. The number of ether oxygens (including phenoxy) is 1. The Morgan fingerprint density at radius 3 is 2.55 bits per heavy atom. The van der Waals surface area contributed by atoms with Crippen molar-refractivity contribution in [1.29, 1.82) is 0 Å². The summed E-state index contributed by atoms with van der Waals surface area (Å²) in [6, 6.07) is 0. The Morgan fingerprint density at radius 2 is 2.00 bits per heavy atom. The number of nitrogen functional groups attached to an aromatic ring is 1. The van der Waals surface area contributed by atoms with E-state index in [9.17, 15) is 13.2 Å². The van der Waals surface area contributed by atoms with Crippen molar-refractivity contribution in [2.75, 3.05) is 18.5 Å². The summed E-state index contributed by atoms with van der Waals surface area (Å²) in [6.45, 7) is 8.44. The molecule has 33 heavy (non-hydrogen) atoms. The third kappa shape index (κ3) is 9.13. The van der Waals surface area contributed by atoms with Gasteiger partial charge in [0.2, 0.25) is 0 Å². The second-order valence-corrected chi connectivity index (χ2v) is 7.84. The predicted octanol–water partition coefficient (Wildman–Crippen LogP) is 6.37. The van der Waals surface area contributed by atoms with Crippen molar-refractivity contribution in [2.24, 2.45) is 4.99 Å². The molecule has 0 amide bonds. The maximum absolute atomic E-state index is 11.8. The number of halogens is 4. The van der Waals surface area contributed by atoms with Crippen LogP contribution in [0.1, 0.15) is 59.6 Å². The van der Waals surface area contributed by atoms with Gasteiger partial charge in [-0.05, 0) is 32.4 Å². The molecule has 3 rings (SSSR count). The Labute approximate surface area is 202 Å². The normalized spacial score (nSPS) is 19.1. The van der Waals surface area contributed by atoms with Gasteiger partial charge in [0.05, 0.1) is 23.9 Å². The van der Waals surface area contributed by atoms with Gasteiger partial charge < -0.3 is 10.5 Å². The van der Waals surface area contributed by atoms with E-state index < -0.39 is 12.6 Å². The summed E-state index contributed by atoms with van der Waals surface area (Å²) in [5.41, 5.74) is 7.15. The molecule has 2 N–H and O–H groups in total. The van der Waals surface area contributed by atoms with Crippen LogP contribution in [-0.2, 0) is 4.74 Å². The molecule has 1 saturated heterocycles. The lowest BCUT2D eigenvalue weighted by Gasteiger charge is -2.13. The smallest absolute Gasteiger partial charge is 0.382 e. The minimum Gasteiger partial charge on any atom is -0.382 e. The second-order valence-electron chi connectivity index (χ2n) is 6.64. The minimum atomic E-state index is -4.21. The van der Waals surface area contributed by atoms with E-state index in [4.69, 9.17) is 22.1 Å². The minimum absolute atomic E-state index is 0.0271. The molecule has 0 aliphatic carbocycles. The van der Waals surface area contributed by atoms with Crippen molar-refractivity contribution in [3.63, 3.8) is 0 Å². The molecule has 3 heterocycles. The Morgan fingerprint density at radius 1 is 1.30 bits per heavy atom. The number of nitrogens with zero attached hydrogens (tertiary/aromatic N) is 5. The van der Waals surface area contributed by atoms with Crippen LogP contribution < -0.4 is 5.73 Å². The summed E-state index contributed by atoms with van der Waals surface area (Å²) >= 11 is 6.88. The van der Waals surface area contributed by atoms with E-state index in [0.717, 1.165) is 31.0 Å². The Kier molecular flexibility index (Phi) is 12.8. The molecule has 186 valence electrons. The number of nitrogens with two attached hydrogens (primary N) is 1. The second kappa shape index (κ2) is 14.4. The predicted molar refractivity (Wildman–Crippen MR) is 131 cm³/mol. The number of rotatable bonds is 5. The number of fused-ring (bicyclic) bond motifs is 1. The Hall–Kier alpha value is -1.85. The summed E-state index contributed by atoms with van der Waals surface area (Å²) in [5.74, 6) is 0.416. The number of aromatic nitrogens is 4. The van der Waals surface area contributed by atoms with Gasteiger partial charge in [-0.3, -0.25) is 9.56 Å². The van der Waals surface area contributed by atoms with Crippen LogP contribution in [0.5, 0.6) is 0 Å². The molecular formula is C21H32ClF3N6OS. The Balaban J connectivity index is 0.000000314. The molecular weight excluding hydrogens is 477 g/mol. The van der Waals surface area contributed by atoms with Crippen molar-refractivity contribution >= 4 is 45.4 Å². The lowest BCUT2D eigenvalue weighted by Crippen LogP contribution is -2.10. The molecule has 0 saturated carbocycles. The van der Waals surface area contributed by atoms with E-state index in [-0.39, 0.29) is 11.3 Å². The van der Waals surface area contributed by atoms with Crippen molar-refractivity contribution in [2.45, 2.75) is 71.9 Å². The average Bonchev–Trinajstić information content (AvgIpc) is 3.44. The fourth-order valence-electron chi connectivity index (χ4n) is 2.95. The molecule has 1 fully saturated rings. The van der Waals surface area contributed by atoms with E-state index in [1.807, 2.05) is 18.4 Å². The maximum atomic E-state index is 11.8. The fourth-order valence-corrected chi connectivity index (χ4v) is 3.85. The van der Waals surface area contributed by atoms with E-state index in [1.165, 1.54) is 18.1 Å². The molecule has 0 aromatic carbocycles. The summed E-state index contributed by atoms with van der Waals surface area (Å²) in [6.07, 6.45) is 4.11. The van der Waals surface area contributed by atoms with Gasteiger partial charge in [0.15, 0.2) is 11.5 Å². The largest absolute Gasteiger partial charge is 0.392 e. The monoisotopic (exact) mass is 508 g/mol. The van der Waals surface area contributed by atoms with Crippen LogP contribution in [0.4, 0.5) is 19.0 Å². The van der Waals surface area contributed by atoms with E-state index in [1.54, 1.807) is 19.5 Å². The summed E-state index contributed by atoms with van der Waals surface area (Å²) in [4.78, 5) is 16.4. The first kappa shape index (κ1) is 29.2. The zero-order valence-corrected chi connectivity index (χ0v) is 21.1. The lowest BCUT2D eigenvalue weighted by atomic mass is 10.2. The molecule has 2 atom stereocenters. The summed E-state index contributed by atoms with van der Waals surface area (Å²) in [5, 5.41) is 0.509. The number of hydrogen-bond acceptors (Lipinski definition) is 7. The molecule has 2 aromatic rings. The maximum Gasteiger partial charge on any atom is 0.392 e. The zero-order valence-electron chi connectivity index (χ0n) is 19.6. The number of aliphatic imine (C=N–C) groups is 1. The van der Waals surface area contributed by atoms with Gasteiger partial charge >= 0.3 is 6.18 Å². The molecule has 2 aromatic heterocycles. The molecule has 12 heteroatoms. The third-order valence-electron chi connectivity index (χ3n) is 4.45. The van der Waals surface area contributed by atoms with E-state index in [2.05, 4.69) is 26.9 Å². The lowest BCUT2D eigenvalue weighted by molar-refractivity contribution is -0.125. The van der Waals surface area contributed by atoms with Crippen LogP contribution in [0, 0.1) is 0 Å². The van der Waals surface area contributed by atoms with Crippen LogP contribution in [-0.4, -0.2) is 49.6 Å². The van der Waals surface area contributed by atoms with Gasteiger partial charge in [-0.15, -0.1) is 11.8 Å². The molecule has 0 radical (unpaired) electrons. The molecule has 0 spiro atoms. The highest BCUT2D eigenvalue weighted by molar-refractivity contribution is 8.14. The number of anilines is 1. The van der Waals surface area contributed by atoms with Gasteiger partial charge in [-0.2, -0.15) is 13.2 Å². The van der Waals surface area contributed by atoms with Crippen molar-refractivity contribution < 1.29 is 17.9 Å². The fraction of sp³-hybridized carbons (Fsp3) is 0.619. The first-order valence-corrected chi connectivity index (χ1v) is 12.4. The van der Waals surface area contributed by atoms with Gasteiger partial charge in [0.1, 0.15) is 23.1 Å². The topological polar surface area (TPSA) is 91.2 Å². The van der Waals surface area contributed by atoms with Crippen LogP contribution in [0.15, 0.2) is 28.8 Å². The number of hydrogen-bond donors (Lipinski definition) is 1. The zero-order chi connectivity index (χ0) is 25.0. The summed E-state index contributed by atoms with van der Waals surface area (Å²) < 4.78 is 43.3. The standard InChI is InChI=1S/C11H15N5O.C8H11ClF3NS.C2H6/c1-2-7-3-4-8(17-7)16-6-15-9-10(12)13-5-14-11(9)16;1-3-13-7(14-2)6(9)4-5-8(10,11)12;1-2/h5-8H,2-4H2,1H3,(H2,12,13,14);4H,3,5H2,1-2H3;1-2H3/b;6-4+,13-7?;. The molecule has 1 aliphatic rings. The van der Waals surface area contributed by atoms with Gasteiger partial charge in [0, 0.05) is 6.54 Å². The molecule has 7 nitrogen and oxygen atoms in total. The highest BCUT2D eigenvalue weighted by Gasteiger charge is 2.27. The van der Waals surface area contributed by atoms with Gasteiger partial charge in [0.25, 0.3) is 0 Å². The average molecular weight is 509 g/mol. The van der Waals surface area contributed by atoms with Crippen molar-refractivity contribution in [3.8, 4) is 0 Å². The number of thioether (sulfide) groups is 1. The van der Waals surface area contributed by atoms with Crippen LogP contribution >= 0.6 is 23.4 Å². The van der Waals surface area contributed by atoms with E-state index in [0.29, 0.717) is 29.0 Å². The molecule has 2 unspecified atom stereocenters. The summed E-state index contributed by atoms with van der Waals surface area (Å²) in [7, 11) is 0. The van der Waals surface area contributed by atoms with Gasteiger partial charge in [-0.1, -0.05) is 38.4 Å². The molecule has 1 aliphatic heterocycles. The van der Waals surface area contributed by atoms with E-state index >= 15 is 0 Å². The quantitative estimate of drug-likeness (QED) is 0.373. The first-order valence-electron chi connectivity index (χ1n) is 10.8. The van der Waals surface area contributed by atoms with Crippen LogP contribution in [0.2, 0.25) is 0 Å². The van der Waals surface area contributed by atoms with Gasteiger partial charge in [-0.25, -0.2) is 15.0 Å². The SMILES string of the molecule is CC.CCC1CCC(n2cnc3c(N)ncnc32)O1.CCN=C(SC)/C(Cl)=C\CC(F)(F)F. The number of alkyl halides is 3. The highest BCUT2D eigenvalue weighted by Crippen LogP contribution is 2.32. The number of imidazole rings is 1.